The first kappa shape index (κ1) is 15.9. The molecule has 0 spiro atoms. The fourth-order valence-corrected chi connectivity index (χ4v) is 2.16. The molecule has 1 atom stereocenters. The minimum atomic E-state index is -0.327. The number of carbonyl (C=O) groups excluding carboxylic acids is 2. The molecule has 0 aliphatic heterocycles. The highest BCUT2D eigenvalue weighted by atomic mass is 16.2. The van der Waals surface area contributed by atoms with Crippen molar-refractivity contribution in [2.75, 3.05) is 5.32 Å². The predicted molar refractivity (Wildman–Crippen MR) is 85.8 cm³/mol. The van der Waals surface area contributed by atoms with Crippen molar-refractivity contribution in [1.82, 2.24) is 0 Å². The second-order valence-electron chi connectivity index (χ2n) is 5.31. The van der Waals surface area contributed by atoms with E-state index in [2.05, 4.69) is 12.2 Å². The Kier molecular flexibility index (Phi) is 5.04. The summed E-state index contributed by atoms with van der Waals surface area (Å²) in [4.78, 5) is 23.7. The third kappa shape index (κ3) is 3.79. The fourth-order valence-electron chi connectivity index (χ4n) is 2.16. The van der Waals surface area contributed by atoms with Crippen molar-refractivity contribution in [3.8, 4) is 0 Å². The number of anilines is 1. The van der Waals surface area contributed by atoms with Crippen molar-refractivity contribution in [2.24, 2.45) is 0 Å². The molecule has 4 nitrogen and oxygen atoms in total. The zero-order valence-electron chi connectivity index (χ0n) is 13.2. The van der Waals surface area contributed by atoms with Gasteiger partial charge in [-0.05, 0) is 31.0 Å². The second-order valence-corrected chi connectivity index (χ2v) is 5.31. The van der Waals surface area contributed by atoms with E-state index in [1.807, 2.05) is 36.0 Å². The van der Waals surface area contributed by atoms with E-state index in [0.29, 0.717) is 11.3 Å². The lowest BCUT2D eigenvalue weighted by Crippen LogP contribution is -2.44. The Morgan fingerprint density at radius 3 is 2.45 bits per heavy atom. The summed E-state index contributed by atoms with van der Waals surface area (Å²) in [6.07, 6.45) is 4.80. The Hall–Kier alpha value is -2.49. The number of benzene rings is 1. The summed E-state index contributed by atoms with van der Waals surface area (Å²) in [5, 5.41) is 2.85. The predicted octanol–water partition coefficient (Wildman–Crippen LogP) is 2.94. The van der Waals surface area contributed by atoms with E-state index in [9.17, 15) is 9.59 Å². The van der Waals surface area contributed by atoms with Gasteiger partial charge < -0.3 is 5.32 Å². The topological polar surface area (TPSA) is 50.0 Å². The largest absolute Gasteiger partial charge is 0.320 e. The summed E-state index contributed by atoms with van der Waals surface area (Å²) in [5.41, 5.74) is 2.46. The van der Waals surface area contributed by atoms with Gasteiger partial charge in [0.05, 0.1) is 0 Å². The van der Waals surface area contributed by atoms with Crippen LogP contribution in [-0.2, 0) is 11.2 Å². The lowest BCUT2D eigenvalue weighted by Gasteiger charge is -2.09. The van der Waals surface area contributed by atoms with Gasteiger partial charge in [0, 0.05) is 30.3 Å². The van der Waals surface area contributed by atoms with Crippen molar-refractivity contribution in [1.29, 1.82) is 0 Å². The van der Waals surface area contributed by atoms with Crippen molar-refractivity contribution in [3.05, 3.63) is 59.9 Å². The van der Waals surface area contributed by atoms with E-state index in [1.165, 1.54) is 12.5 Å². The second kappa shape index (κ2) is 6.98. The molecule has 1 aromatic heterocycles. The van der Waals surface area contributed by atoms with Crippen LogP contribution < -0.4 is 9.88 Å². The first-order valence-corrected chi connectivity index (χ1v) is 7.42. The highest BCUT2D eigenvalue weighted by molar-refractivity contribution is 5.97. The lowest BCUT2D eigenvalue weighted by molar-refractivity contribution is -0.705. The van der Waals surface area contributed by atoms with Gasteiger partial charge >= 0.3 is 0 Å². The molecule has 0 aliphatic rings. The van der Waals surface area contributed by atoms with Gasteiger partial charge in [-0.25, -0.2) is 0 Å². The molecule has 0 unspecified atom stereocenters. The van der Waals surface area contributed by atoms with Crippen LogP contribution in [0, 0.1) is 0 Å². The molecule has 2 rings (SSSR count). The van der Waals surface area contributed by atoms with E-state index in [0.717, 1.165) is 6.42 Å². The SMILES string of the molecule is CCc1cc[n+]([C@H](C)C(=O)Nc2cccc(C(C)=O)c2)cc1. The van der Waals surface area contributed by atoms with Crippen LogP contribution >= 0.6 is 0 Å². The van der Waals surface area contributed by atoms with Crippen LogP contribution in [0.2, 0.25) is 0 Å². The highest BCUT2D eigenvalue weighted by Gasteiger charge is 2.21. The van der Waals surface area contributed by atoms with Crippen molar-refractivity contribution in [2.45, 2.75) is 33.2 Å². The zero-order valence-corrected chi connectivity index (χ0v) is 13.2. The quantitative estimate of drug-likeness (QED) is 0.681. The van der Waals surface area contributed by atoms with E-state index in [4.69, 9.17) is 0 Å². The monoisotopic (exact) mass is 297 g/mol. The maximum atomic E-state index is 12.3. The Balaban J connectivity index is 2.10. The zero-order chi connectivity index (χ0) is 16.1. The summed E-state index contributed by atoms with van der Waals surface area (Å²) in [7, 11) is 0. The average molecular weight is 297 g/mol. The maximum Gasteiger partial charge on any atom is 0.293 e. The van der Waals surface area contributed by atoms with Gasteiger partial charge in [-0.3, -0.25) is 9.59 Å². The Bertz CT molecular complexity index is 678. The van der Waals surface area contributed by atoms with Crippen LogP contribution in [0.25, 0.3) is 0 Å². The van der Waals surface area contributed by atoms with Gasteiger partial charge in [0.1, 0.15) is 0 Å². The molecule has 0 saturated heterocycles. The van der Waals surface area contributed by atoms with Gasteiger partial charge in [0.15, 0.2) is 18.2 Å². The molecule has 0 radical (unpaired) electrons. The molecular formula is C18H21N2O2+. The fraction of sp³-hybridized carbons (Fsp3) is 0.278. The number of hydrogen-bond donors (Lipinski definition) is 1. The highest BCUT2D eigenvalue weighted by Crippen LogP contribution is 2.12. The third-order valence-electron chi connectivity index (χ3n) is 3.69. The number of nitrogens with one attached hydrogen (secondary N) is 1. The molecule has 1 N–H and O–H groups in total. The summed E-state index contributed by atoms with van der Waals surface area (Å²) < 4.78 is 1.86. The van der Waals surface area contributed by atoms with Gasteiger partial charge in [-0.2, -0.15) is 4.57 Å². The van der Waals surface area contributed by atoms with E-state index >= 15 is 0 Å². The van der Waals surface area contributed by atoms with Gasteiger partial charge in [-0.15, -0.1) is 0 Å². The number of aryl methyl sites for hydroxylation is 1. The molecule has 1 heterocycles. The Labute approximate surface area is 130 Å². The number of hydrogen-bond acceptors (Lipinski definition) is 2. The summed E-state index contributed by atoms with van der Waals surface area (Å²) in [5.74, 6) is -0.136. The smallest absolute Gasteiger partial charge is 0.293 e. The van der Waals surface area contributed by atoms with E-state index in [1.54, 1.807) is 24.3 Å². The van der Waals surface area contributed by atoms with Crippen LogP contribution in [-0.4, -0.2) is 11.7 Å². The standard InChI is InChI=1S/C18H20N2O2/c1-4-15-8-10-20(11-9-15)13(2)18(22)19-17-7-5-6-16(12-17)14(3)21/h5-13H,4H2,1-3H3/p+1/t13-/m1/s1. The van der Waals surface area contributed by atoms with Crippen molar-refractivity contribution >= 4 is 17.4 Å². The van der Waals surface area contributed by atoms with E-state index in [-0.39, 0.29) is 17.7 Å². The number of pyridine rings is 1. The Morgan fingerprint density at radius 2 is 1.86 bits per heavy atom. The average Bonchev–Trinajstić information content (AvgIpc) is 2.54. The molecule has 114 valence electrons. The van der Waals surface area contributed by atoms with Crippen molar-refractivity contribution < 1.29 is 14.2 Å². The first-order chi connectivity index (χ1) is 10.5. The molecule has 1 amide bonds. The van der Waals surface area contributed by atoms with Crippen LogP contribution in [0.4, 0.5) is 5.69 Å². The number of Topliss-reactive ketones (excluding diaryl/α,β-unsaturated/α-hetero) is 1. The Morgan fingerprint density at radius 1 is 1.18 bits per heavy atom. The molecule has 4 heteroatoms. The number of nitrogens with zero attached hydrogens (tertiary/aromatic N) is 1. The number of aromatic nitrogens is 1. The molecule has 0 saturated carbocycles. The number of amides is 1. The normalized spacial score (nSPS) is 11.8. The van der Waals surface area contributed by atoms with Crippen LogP contribution in [0.15, 0.2) is 48.8 Å². The summed E-state index contributed by atoms with van der Waals surface area (Å²) in [6.45, 7) is 5.45. The number of carbonyl (C=O) groups is 2. The van der Waals surface area contributed by atoms with Crippen LogP contribution in [0.1, 0.15) is 42.7 Å². The van der Waals surface area contributed by atoms with Gasteiger partial charge in [-0.1, -0.05) is 19.1 Å². The molecule has 2 aromatic rings. The van der Waals surface area contributed by atoms with Crippen molar-refractivity contribution in [3.63, 3.8) is 0 Å². The minimum absolute atomic E-state index is 0.0197. The van der Waals surface area contributed by atoms with Gasteiger partial charge in [0.2, 0.25) is 6.04 Å². The molecule has 0 fully saturated rings. The van der Waals surface area contributed by atoms with Gasteiger partial charge in [0.25, 0.3) is 5.91 Å². The molecule has 0 aliphatic carbocycles. The third-order valence-corrected chi connectivity index (χ3v) is 3.69. The van der Waals surface area contributed by atoms with E-state index < -0.39 is 0 Å². The molecule has 22 heavy (non-hydrogen) atoms. The summed E-state index contributed by atoms with van der Waals surface area (Å²) in [6, 6.07) is 10.7. The van der Waals surface area contributed by atoms with Crippen LogP contribution in [0.5, 0.6) is 0 Å². The number of ketones is 1. The number of rotatable bonds is 5. The molecule has 1 aromatic carbocycles. The minimum Gasteiger partial charge on any atom is -0.320 e. The lowest BCUT2D eigenvalue weighted by atomic mass is 10.1. The van der Waals surface area contributed by atoms with Crippen LogP contribution in [0.3, 0.4) is 0 Å². The summed E-state index contributed by atoms with van der Waals surface area (Å²) >= 11 is 0. The first-order valence-electron chi connectivity index (χ1n) is 7.42. The molecular weight excluding hydrogens is 276 g/mol. The maximum absolute atomic E-state index is 12.3. The molecule has 0 bridgehead atoms.